The molecule has 0 aromatic heterocycles. The lowest BCUT2D eigenvalue weighted by atomic mass is 9.92. The van der Waals surface area contributed by atoms with Crippen molar-refractivity contribution in [2.75, 3.05) is 7.11 Å². The number of methoxy groups -OCH3 is 1. The molecule has 0 radical (unpaired) electrons. The number of rotatable bonds is 4. The second-order valence-electron chi connectivity index (χ2n) is 5.59. The Hall–Kier alpha value is -2.48. The number of allylic oxidation sites excluding steroid dienone is 2. The maximum absolute atomic E-state index is 10.0. The smallest absolute Gasteiger partial charge is 0.119 e. The summed E-state index contributed by atoms with van der Waals surface area (Å²) in [5.41, 5.74) is 6.03. The molecule has 0 spiro atoms. The summed E-state index contributed by atoms with van der Waals surface area (Å²) < 4.78 is 5.34. The summed E-state index contributed by atoms with van der Waals surface area (Å²) in [4.78, 5) is 0. The molecule has 2 rings (SSSR count). The Morgan fingerprint density at radius 2 is 1.77 bits per heavy atom. The van der Waals surface area contributed by atoms with E-state index in [0.29, 0.717) is 5.75 Å². The number of phenols is 1. The number of aromatic hydroxyl groups is 1. The van der Waals surface area contributed by atoms with Gasteiger partial charge in [0.25, 0.3) is 0 Å². The van der Waals surface area contributed by atoms with Crippen LogP contribution in [-0.2, 0) is 0 Å². The van der Waals surface area contributed by atoms with Crippen LogP contribution in [0.3, 0.4) is 0 Å². The van der Waals surface area contributed by atoms with E-state index in [-0.39, 0.29) is 0 Å². The molecule has 0 heterocycles. The second kappa shape index (κ2) is 6.52. The van der Waals surface area contributed by atoms with Crippen LogP contribution in [0.1, 0.15) is 29.2 Å². The van der Waals surface area contributed by atoms with Gasteiger partial charge in [0.1, 0.15) is 11.5 Å². The van der Waals surface area contributed by atoms with Crippen LogP contribution < -0.4 is 4.74 Å². The SMILES string of the molecule is C=C(C)C=C(c1ccc(C)c(O)c1)c1cc(OC)ccc1C. The molecule has 0 aliphatic heterocycles. The van der Waals surface area contributed by atoms with Crippen molar-refractivity contribution >= 4 is 5.57 Å². The van der Waals surface area contributed by atoms with Crippen molar-refractivity contribution in [1.82, 2.24) is 0 Å². The lowest BCUT2D eigenvalue weighted by molar-refractivity contribution is 0.414. The van der Waals surface area contributed by atoms with Gasteiger partial charge in [0.2, 0.25) is 0 Å². The first-order chi connectivity index (χ1) is 10.4. The van der Waals surface area contributed by atoms with E-state index in [1.54, 1.807) is 13.2 Å². The quantitative estimate of drug-likeness (QED) is 0.802. The molecule has 114 valence electrons. The zero-order valence-electron chi connectivity index (χ0n) is 13.6. The van der Waals surface area contributed by atoms with Gasteiger partial charge in [-0.2, -0.15) is 0 Å². The van der Waals surface area contributed by atoms with Crippen LogP contribution in [0.4, 0.5) is 0 Å². The molecule has 0 aliphatic carbocycles. The maximum atomic E-state index is 10.0. The predicted octanol–water partition coefficient (Wildman–Crippen LogP) is 5.03. The summed E-state index contributed by atoms with van der Waals surface area (Å²) in [6, 6.07) is 11.7. The Morgan fingerprint density at radius 3 is 2.36 bits per heavy atom. The molecule has 0 unspecified atom stereocenters. The third-order valence-corrected chi connectivity index (χ3v) is 3.65. The first kappa shape index (κ1) is 15.9. The van der Waals surface area contributed by atoms with Crippen LogP contribution in [0.15, 0.2) is 54.6 Å². The van der Waals surface area contributed by atoms with E-state index in [9.17, 15) is 5.11 Å². The summed E-state index contributed by atoms with van der Waals surface area (Å²) in [5.74, 6) is 1.11. The maximum Gasteiger partial charge on any atom is 0.119 e. The Morgan fingerprint density at radius 1 is 1.09 bits per heavy atom. The van der Waals surface area contributed by atoms with Crippen molar-refractivity contribution in [3.05, 3.63) is 76.9 Å². The summed E-state index contributed by atoms with van der Waals surface area (Å²) >= 11 is 0. The first-order valence-electron chi connectivity index (χ1n) is 7.24. The lowest BCUT2D eigenvalue weighted by Gasteiger charge is -2.14. The van der Waals surface area contributed by atoms with Crippen LogP contribution in [0.2, 0.25) is 0 Å². The fourth-order valence-corrected chi connectivity index (χ4v) is 2.36. The Bertz CT molecular complexity index is 739. The van der Waals surface area contributed by atoms with E-state index in [1.165, 1.54) is 0 Å². The van der Waals surface area contributed by atoms with Crippen LogP contribution in [0.5, 0.6) is 11.5 Å². The number of ether oxygens (including phenoxy) is 1. The van der Waals surface area contributed by atoms with Crippen molar-refractivity contribution in [2.45, 2.75) is 20.8 Å². The monoisotopic (exact) mass is 294 g/mol. The van der Waals surface area contributed by atoms with Crippen molar-refractivity contribution in [1.29, 1.82) is 0 Å². The molecule has 2 aromatic carbocycles. The zero-order chi connectivity index (χ0) is 16.3. The topological polar surface area (TPSA) is 29.5 Å². The van der Waals surface area contributed by atoms with Crippen LogP contribution >= 0.6 is 0 Å². The summed E-state index contributed by atoms with van der Waals surface area (Å²) in [7, 11) is 1.66. The fourth-order valence-electron chi connectivity index (χ4n) is 2.36. The van der Waals surface area contributed by atoms with E-state index in [4.69, 9.17) is 4.74 Å². The number of phenolic OH excluding ortho intramolecular Hbond substituents is 1. The van der Waals surface area contributed by atoms with Crippen molar-refractivity contribution in [2.24, 2.45) is 0 Å². The zero-order valence-corrected chi connectivity index (χ0v) is 13.6. The van der Waals surface area contributed by atoms with Gasteiger partial charge in [0.05, 0.1) is 7.11 Å². The van der Waals surface area contributed by atoms with Crippen LogP contribution in [-0.4, -0.2) is 12.2 Å². The number of benzene rings is 2. The number of aryl methyl sites for hydroxylation is 2. The molecule has 0 saturated heterocycles. The molecule has 0 bridgehead atoms. The van der Waals surface area contributed by atoms with Gasteiger partial charge in [0, 0.05) is 0 Å². The third kappa shape index (κ3) is 3.40. The van der Waals surface area contributed by atoms with E-state index >= 15 is 0 Å². The molecule has 0 atom stereocenters. The lowest BCUT2D eigenvalue weighted by Crippen LogP contribution is -1.94. The average molecular weight is 294 g/mol. The van der Waals surface area contributed by atoms with Gasteiger partial charge >= 0.3 is 0 Å². The van der Waals surface area contributed by atoms with E-state index in [2.05, 4.69) is 13.5 Å². The molecule has 0 fully saturated rings. The highest BCUT2D eigenvalue weighted by Gasteiger charge is 2.11. The minimum atomic E-state index is 0.297. The van der Waals surface area contributed by atoms with E-state index < -0.39 is 0 Å². The minimum Gasteiger partial charge on any atom is -0.508 e. The van der Waals surface area contributed by atoms with Crippen LogP contribution in [0.25, 0.3) is 5.57 Å². The molecule has 2 aromatic rings. The molecule has 0 aliphatic rings. The molecule has 2 nitrogen and oxygen atoms in total. The fraction of sp³-hybridized carbons (Fsp3) is 0.200. The van der Waals surface area contributed by atoms with Crippen molar-refractivity contribution in [3.8, 4) is 11.5 Å². The van der Waals surface area contributed by atoms with Crippen LogP contribution in [0, 0.1) is 13.8 Å². The summed E-state index contributed by atoms with van der Waals surface area (Å²) in [6.45, 7) is 9.90. The van der Waals surface area contributed by atoms with Crippen molar-refractivity contribution < 1.29 is 9.84 Å². The van der Waals surface area contributed by atoms with Gasteiger partial charge in [-0.3, -0.25) is 0 Å². The van der Waals surface area contributed by atoms with Gasteiger partial charge in [-0.15, -0.1) is 0 Å². The Labute approximate surface area is 132 Å². The molecule has 1 N–H and O–H groups in total. The Kier molecular flexibility index (Phi) is 4.71. The highest BCUT2D eigenvalue weighted by Crippen LogP contribution is 2.32. The standard InChI is InChI=1S/C20H22O2/c1-13(2)10-19(16-8-6-15(4)20(21)11-16)18-12-17(22-5)9-7-14(18)3/h6-12,21H,1H2,2-5H3. The predicted molar refractivity (Wildman–Crippen MR) is 92.5 cm³/mol. The molecule has 0 saturated carbocycles. The highest BCUT2D eigenvalue weighted by atomic mass is 16.5. The minimum absolute atomic E-state index is 0.297. The molecular weight excluding hydrogens is 272 g/mol. The number of hydrogen-bond acceptors (Lipinski definition) is 2. The molecule has 22 heavy (non-hydrogen) atoms. The van der Waals surface area contributed by atoms with Gasteiger partial charge in [-0.1, -0.05) is 36.4 Å². The Balaban J connectivity index is 2.66. The molecule has 2 heteroatoms. The van der Waals surface area contributed by atoms with Gasteiger partial charge < -0.3 is 9.84 Å². The van der Waals surface area contributed by atoms with E-state index in [1.807, 2.05) is 50.3 Å². The largest absolute Gasteiger partial charge is 0.508 e. The van der Waals surface area contributed by atoms with E-state index in [0.717, 1.165) is 39.1 Å². The summed E-state index contributed by atoms with van der Waals surface area (Å²) in [6.07, 6.45) is 2.03. The molecular formula is C20H22O2. The van der Waals surface area contributed by atoms with Gasteiger partial charge in [-0.25, -0.2) is 0 Å². The summed E-state index contributed by atoms with van der Waals surface area (Å²) in [5, 5.41) is 10.0. The molecule has 0 amide bonds. The normalized spacial score (nSPS) is 11.4. The van der Waals surface area contributed by atoms with Gasteiger partial charge in [-0.05, 0) is 66.8 Å². The number of hydrogen-bond donors (Lipinski definition) is 1. The third-order valence-electron chi connectivity index (χ3n) is 3.65. The first-order valence-corrected chi connectivity index (χ1v) is 7.24. The average Bonchev–Trinajstić information content (AvgIpc) is 2.48. The second-order valence-corrected chi connectivity index (χ2v) is 5.59. The van der Waals surface area contributed by atoms with Gasteiger partial charge in [0.15, 0.2) is 0 Å². The van der Waals surface area contributed by atoms with Crippen molar-refractivity contribution in [3.63, 3.8) is 0 Å². The highest BCUT2D eigenvalue weighted by molar-refractivity contribution is 5.84.